The average Bonchev–Trinajstić information content (AvgIpc) is 3.03. The first-order valence-electron chi connectivity index (χ1n) is 6.91. The fraction of sp³-hybridized carbons (Fsp3) is 0.467. The van der Waals surface area contributed by atoms with E-state index in [0.717, 1.165) is 17.3 Å². The molecule has 1 atom stereocenters. The first-order chi connectivity index (χ1) is 9.45. The second kappa shape index (κ2) is 4.59. The molecule has 1 amide bonds. The van der Waals surface area contributed by atoms with Gasteiger partial charge in [0.2, 0.25) is 0 Å². The zero-order valence-corrected chi connectivity index (χ0v) is 11.8. The number of nitrogens with zero attached hydrogens (tertiary/aromatic N) is 3. The summed E-state index contributed by atoms with van der Waals surface area (Å²) in [6.45, 7) is 4.34. The Morgan fingerprint density at radius 1 is 1.40 bits per heavy atom. The Morgan fingerprint density at radius 2 is 2.15 bits per heavy atom. The van der Waals surface area contributed by atoms with E-state index in [1.165, 1.54) is 13.8 Å². The highest BCUT2D eigenvalue weighted by Gasteiger charge is 2.35. The molecule has 106 valence electrons. The number of carbonyl (C=O) groups excluding carboxylic acids is 1. The summed E-state index contributed by atoms with van der Waals surface area (Å²) in [5, 5.41) is 15.5. The van der Waals surface area contributed by atoms with Gasteiger partial charge in [0.05, 0.1) is 11.6 Å². The summed E-state index contributed by atoms with van der Waals surface area (Å²) in [7, 11) is 0. The highest BCUT2D eigenvalue weighted by atomic mass is 16.3. The monoisotopic (exact) mass is 273 g/mol. The van der Waals surface area contributed by atoms with Gasteiger partial charge in [0.25, 0.3) is 5.91 Å². The van der Waals surface area contributed by atoms with Gasteiger partial charge in [0, 0.05) is 24.7 Å². The number of rotatable bonds is 2. The largest absolute Gasteiger partial charge is 0.381 e. The van der Waals surface area contributed by atoms with Gasteiger partial charge in [0.1, 0.15) is 5.60 Å². The van der Waals surface area contributed by atoms with Gasteiger partial charge in [-0.2, -0.15) is 5.10 Å². The molecular weight excluding hydrogens is 254 g/mol. The molecule has 0 saturated carbocycles. The highest BCUT2D eigenvalue weighted by Crippen LogP contribution is 2.25. The first kappa shape index (κ1) is 13.1. The van der Waals surface area contributed by atoms with E-state index < -0.39 is 5.60 Å². The quantitative estimate of drug-likeness (QED) is 0.903. The lowest BCUT2D eigenvalue weighted by molar-refractivity contribution is -0.146. The van der Waals surface area contributed by atoms with Gasteiger partial charge in [-0.25, -0.2) is 0 Å². The molecule has 3 rings (SSSR count). The van der Waals surface area contributed by atoms with E-state index in [1.54, 1.807) is 4.90 Å². The third-order valence-electron chi connectivity index (χ3n) is 3.78. The van der Waals surface area contributed by atoms with Gasteiger partial charge >= 0.3 is 0 Å². The Labute approximate surface area is 117 Å². The van der Waals surface area contributed by atoms with Crippen LogP contribution in [0.5, 0.6) is 0 Å². The van der Waals surface area contributed by atoms with Crippen molar-refractivity contribution in [2.75, 3.05) is 13.1 Å². The lowest BCUT2D eigenvalue weighted by atomic mass is 10.1. The predicted octanol–water partition coefficient (Wildman–Crippen LogP) is 1.58. The molecule has 0 radical (unpaired) electrons. The molecule has 20 heavy (non-hydrogen) atoms. The Balaban J connectivity index is 1.78. The lowest BCUT2D eigenvalue weighted by Gasteiger charge is -2.24. The summed E-state index contributed by atoms with van der Waals surface area (Å²) in [5.74, 6) is -0.211. The normalized spacial score (nSPS) is 19.8. The molecule has 1 saturated heterocycles. The molecule has 1 fully saturated rings. The molecule has 5 nitrogen and oxygen atoms in total. The Hall–Kier alpha value is -1.88. The maximum atomic E-state index is 12.1. The number of hydrogen-bond acceptors (Lipinski definition) is 3. The van der Waals surface area contributed by atoms with Crippen LogP contribution in [0, 0.1) is 0 Å². The molecule has 1 unspecified atom stereocenters. The molecule has 1 aliphatic rings. The SMILES string of the molecule is CC(C)(O)C(=O)N1CCC(n2cc3ccccc3n2)C1. The van der Waals surface area contributed by atoms with Crippen molar-refractivity contribution in [3.63, 3.8) is 0 Å². The smallest absolute Gasteiger partial charge is 0.254 e. The summed E-state index contributed by atoms with van der Waals surface area (Å²) >= 11 is 0. The van der Waals surface area contributed by atoms with E-state index in [9.17, 15) is 9.90 Å². The van der Waals surface area contributed by atoms with Crippen LogP contribution in [-0.4, -0.2) is 44.4 Å². The van der Waals surface area contributed by atoms with Crippen LogP contribution in [0.4, 0.5) is 0 Å². The van der Waals surface area contributed by atoms with Gasteiger partial charge in [0.15, 0.2) is 0 Å². The molecule has 0 spiro atoms. The van der Waals surface area contributed by atoms with E-state index >= 15 is 0 Å². The maximum Gasteiger partial charge on any atom is 0.254 e. The number of fused-ring (bicyclic) bond motifs is 1. The molecule has 2 aromatic rings. The minimum Gasteiger partial charge on any atom is -0.381 e. The summed E-state index contributed by atoms with van der Waals surface area (Å²) < 4.78 is 1.95. The minimum atomic E-state index is -1.30. The number of aliphatic hydroxyl groups is 1. The summed E-state index contributed by atoms with van der Waals surface area (Å²) in [4.78, 5) is 13.8. The summed E-state index contributed by atoms with van der Waals surface area (Å²) in [5.41, 5.74) is -0.330. The van der Waals surface area contributed by atoms with Crippen molar-refractivity contribution in [1.29, 1.82) is 0 Å². The number of benzene rings is 1. The number of hydrogen-bond donors (Lipinski definition) is 1. The average molecular weight is 273 g/mol. The fourth-order valence-corrected chi connectivity index (χ4v) is 2.70. The minimum absolute atomic E-state index is 0.189. The van der Waals surface area contributed by atoms with E-state index in [2.05, 4.69) is 5.10 Å². The Kier molecular flexibility index (Phi) is 3.01. The number of amides is 1. The second-order valence-electron chi connectivity index (χ2n) is 5.92. The standard InChI is InChI=1S/C15H19N3O2/c1-15(2,20)14(19)17-8-7-12(10-17)18-9-11-5-3-4-6-13(11)16-18/h3-6,9,12,20H,7-8,10H2,1-2H3. The topological polar surface area (TPSA) is 58.4 Å². The van der Waals surface area contributed by atoms with Crippen molar-refractivity contribution in [1.82, 2.24) is 14.7 Å². The van der Waals surface area contributed by atoms with Crippen LogP contribution < -0.4 is 0 Å². The summed E-state index contributed by atoms with van der Waals surface area (Å²) in [6, 6.07) is 8.17. The lowest BCUT2D eigenvalue weighted by Crippen LogP contribution is -2.44. The van der Waals surface area contributed by atoms with Gasteiger partial charge in [-0.15, -0.1) is 0 Å². The summed E-state index contributed by atoms with van der Waals surface area (Å²) in [6.07, 6.45) is 2.90. The van der Waals surface area contributed by atoms with E-state index in [0.29, 0.717) is 13.1 Å². The van der Waals surface area contributed by atoms with Crippen molar-refractivity contribution in [2.45, 2.75) is 31.9 Å². The number of carbonyl (C=O) groups is 1. The molecule has 0 bridgehead atoms. The number of aromatic nitrogens is 2. The van der Waals surface area contributed by atoms with Crippen LogP contribution in [0.15, 0.2) is 30.5 Å². The van der Waals surface area contributed by atoms with Crippen LogP contribution in [0.25, 0.3) is 10.9 Å². The van der Waals surface area contributed by atoms with Gasteiger partial charge in [-0.05, 0) is 26.3 Å². The van der Waals surface area contributed by atoms with Crippen molar-refractivity contribution >= 4 is 16.8 Å². The van der Waals surface area contributed by atoms with Gasteiger partial charge < -0.3 is 10.0 Å². The van der Waals surface area contributed by atoms with Crippen LogP contribution in [0.3, 0.4) is 0 Å². The fourth-order valence-electron chi connectivity index (χ4n) is 2.70. The molecule has 1 aromatic carbocycles. The molecule has 5 heteroatoms. The molecule has 1 aliphatic heterocycles. The van der Waals surface area contributed by atoms with Gasteiger partial charge in [-0.3, -0.25) is 9.48 Å². The van der Waals surface area contributed by atoms with Crippen molar-refractivity contribution < 1.29 is 9.90 Å². The Bertz CT molecular complexity index is 609. The van der Waals surface area contributed by atoms with Crippen LogP contribution in [0.2, 0.25) is 0 Å². The van der Waals surface area contributed by atoms with Crippen LogP contribution >= 0.6 is 0 Å². The van der Waals surface area contributed by atoms with Crippen molar-refractivity contribution in [3.8, 4) is 0 Å². The third kappa shape index (κ3) is 2.29. The van der Waals surface area contributed by atoms with E-state index in [4.69, 9.17) is 0 Å². The molecular formula is C15H19N3O2. The van der Waals surface area contributed by atoms with E-state index in [-0.39, 0.29) is 11.9 Å². The first-order valence-corrected chi connectivity index (χ1v) is 6.91. The zero-order chi connectivity index (χ0) is 14.3. The maximum absolute atomic E-state index is 12.1. The highest BCUT2D eigenvalue weighted by molar-refractivity contribution is 5.84. The van der Waals surface area contributed by atoms with Gasteiger partial charge in [-0.1, -0.05) is 18.2 Å². The zero-order valence-electron chi connectivity index (χ0n) is 11.8. The molecule has 0 aliphatic carbocycles. The predicted molar refractivity (Wildman–Crippen MR) is 76.3 cm³/mol. The second-order valence-corrected chi connectivity index (χ2v) is 5.92. The van der Waals surface area contributed by atoms with E-state index in [1.807, 2.05) is 35.1 Å². The van der Waals surface area contributed by atoms with Crippen LogP contribution in [-0.2, 0) is 4.79 Å². The third-order valence-corrected chi connectivity index (χ3v) is 3.78. The molecule has 2 heterocycles. The molecule has 1 aromatic heterocycles. The van der Waals surface area contributed by atoms with Crippen LogP contribution in [0.1, 0.15) is 26.3 Å². The Morgan fingerprint density at radius 3 is 2.85 bits per heavy atom. The molecule has 1 N–H and O–H groups in total. The number of likely N-dealkylation sites (tertiary alicyclic amines) is 1. The van der Waals surface area contributed by atoms with Crippen molar-refractivity contribution in [3.05, 3.63) is 30.5 Å². The van der Waals surface area contributed by atoms with Crippen molar-refractivity contribution in [2.24, 2.45) is 0 Å².